The summed E-state index contributed by atoms with van der Waals surface area (Å²) in [6.07, 6.45) is 2.12. The summed E-state index contributed by atoms with van der Waals surface area (Å²) in [4.78, 5) is 4.26. The molecule has 1 aliphatic rings. The van der Waals surface area contributed by atoms with E-state index in [2.05, 4.69) is 11.9 Å². The molecule has 2 N–H and O–H groups in total. The number of benzene rings is 1. The van der Waals surface area contributed by atoms with Crippen LogP contribution in [0, 0.1) is 0 Å². The van der Waals surface area contributed by atoms with E-state index in [1.807, 2.05) is 18.2 Å². The van der Waals surface area contributed by atoms with Crippen LogP contribution in [0.4, 0.5) is 0 Å². The van der Waals surface area contributed by atoms with Gasteiger partial charge in [-0.15, -0.1) is 0 Å². The molecule has 1 heterocycles. The largest absolute Gasteiger partial charge is 0.494 e. The number of ether oxygens (including phenoxy) is 3. The third-order valence-corrected chi connectivity index (χ3v) is 3.19. The van der Waals surface area contributed by atoms with E-state index in [0.717, 1.165) is 29.7 Å². The minimum Gasteiger partial charge on any atom is -0.494 e. The molecule has 0 saturated carbocycles. The fourth-order valence-corrected chi connectivity index (χ4v) is 2.11. The van der Waals surface area contributed by atoms with Crippen LogP contribution in [0.15, 0.2) is 23.2 Å². The Bertz CT molecular complexity index is 482. The smallest absolute Gasteiger partial charge is 0.300 e. The number of aliphatic imine (C=N–C) groups is 1. The van der Waals surface area contributed by atoms with E-state index in [-0.39, 0.29) is 0 Å². The van der Waals surface area contributed by atoms with Gasteiger partial charge in [0, 0.05) is 19.8 Å². The number of hydrogen-bond donors (Lipinski definition) is 1. The molecule has 0 aromatic heterocycles. The Hall–Kier alpha value is -1.59. The van der Waals surface area contributed by atoms with Gasteiger partial charge in [0.15, 0.2) is 0 Å². The Morgan fingerprint density at radius 3 is 2.63 bits per heavy atom. The minimum atomic E-state index is -1.15. The van der Waals surface area contributed by atoms with E-state index >= 15 is 0 Å². The summed E-state index contributed by atoms with van der Waals surface area (Å²) in [5, 5.41) is 0. The van der Waals surface area contributed by atoms with Crippen molar-refractivity contribution in [2.75, 3.05) is 20.8 Å². The standard InChI is InChI=1S/C14H20N2O3/c1-4-5-8-19-10-6-7-11-12(9-10)14(17-2,18-3)16-13(11)15/h6-7,9H,4-5,8H2,1-3H3,(H2,15,16). The highest BCUT2D eigenvalue weighted by Gasteiger charge is 2.40. The van der Waals surface area contributed by atoms with E-state index in [1.165, 1.54) is 0 Å². The van der Waals surface area contributed by atoms with Crippen molar-refractivity contribution in [1.82, 2.24) is 0 Å². The fraction of sp³-hybridized carbons (Fsp3) is 0.500. The number of methoxy groups -OCH3 is 2. The summed E-state index contributed by atoms with van der Waals surface area (Å²) in [5.74, 6) is 0.0400. The van der Waals surface area contributed by atoms with Crippen molar-refractivity contribution in [2.24, 2.45) is 10.7 Å². The topological polar surface area (TPSA) is 66.1 Å². The van der Waals surface area contributed by atoms with Gasteiger partial charge in [-0.1, -0.05) is 13.3 Å². The maximum atomic E-state index is 5.89. The summed E-state index contributed by atoms with van der Waals surface area (Å²) in [6, 6.07) is 5.65. The highest BCUT2D eigenvalue weighted by molar-refractivity contribution is 6.01. The van der Waals surface area contributed by atoms with E-state index in [9.17, 15) is 0 Å². The van der Waals surface area contributed by atoms with Crippen molar-refractivity contribution < 1.29 is 14.2 Å². The van der Waals surface area contributed by atoms with Crippen LogP contribution in [0.1, 0.15) is 30.9 Å². The van der Waals surface area contributed by atoms with E-state index in [1.54, 1.807) is 14.2 Å². The lowest BCUT2D eigenvalue weighted by molar-refractivity contribution is -0.207. The molecule has 0 aliphatic carbocycles. The van der Waals surface area contributed by atoms with Crippen LogP contribution >= 0.6 is 0 Å². The van der Waals surface area contributed by atoms with E-state index in [0.29, 0.717) is 12.4 Å². The van der Waals surface area contributed by atoms with Gasteiger partial charge in [0.25, 0.3) is 5.91 Å². The number of unbranched alkanes of at least 4 members (excludes halogenated alkanes) is 1. The molecule has 0 unspecified atom stereocenters. The zero-order chi connectivity index (χ0) is 13.9. The average molecular weight is 264 g/mol. The molecule has 5 heteroatoms. The molecule has 0 spiro atoms. The van der Waals surface area contributed by atoms with Gasteiger partial charge < -0.3 is 19.9 Å². The van der Waals surface area contributed by atoms with E-state index in [4.69, 9.17) is 19.9 Å². The Balaban J connectivity index is 2.29. The molecule has 1 aromatic carbocycles. The Morgan fingerprint density at radius 2 is 2.00 bits per heavy atom. The van der Waals surface area contributed by atoms with Crippen LogP contribution in [-0.2, 0) is 15.4 Å². The van der Waals surface area contributed by atoms with Crippen molar-refractivity contribution in [3.63, 3.8) is 0 Å². The molecule has 104 valence electrons. The lowest BCUT2D eigenvalue weighted by atomic mass is 10.1. The van der Waals surface area contributed by atoms with Crippen LogP contribution < -0.4 is 10.5 Å². The SMILES string of the molecule is CCCCOc1ccc2c(c1)C(OC)(OC)N=C2N. The number of hydrogen-bond acceptors (Lipinski definition) is 5. The van der Waals surface area contributed by atoms with Crippen LogP contribution in [0.3, 0.4) is 0 Å². The highest BCUT2D eigenvalue weighted by atomic mass is 16.7. The van der Waals surface area contributed by atoms with Gasteiger partial charge in [0.1, 0.15) is 11.6 Å². The molecule has 2 rings (SSSR count). The number of nitrogens with zero attached hydrogens (tertiary/aromatic N) is 1. The van der Waals surface area contributed by atoms with Crippen molar-refractivity contribution in [2.45, 2.75) is 25.7 Å². The zero-order valence-electron chi connectivity index (χ0n) is 11.6. The molecule has 1 aromatic rings. The van der Waals surface area contributed by atoms with Gasteiger partial charge in [-0.05, 0) is 24.6 Å². The predicted octanol–water partition coefficient (Wildman–Crippen LogP) is 1.99. The van der Waals surface area contributed by atoms with Crippen molar-refractivity contribution in [1.29, 1.82) is 0 Å². The summed E-state index contributed by atoms with van der Waals surface area (Å²) in [7, 11) is 3.08. The first-order chi connectivity index (χ1) is 9.16. The second kappa shape index (κ2) is 5.59. The number of rotatable bonds is 6. The first-order valence-corrected chi connectivity index (χ1v) is 6.40. The van der Waals surface area contributed by atoms with Gasteiger partial charge in [-0.3, -0.25) is 0 Å². The monoisotopic (exact) mass is 264 g/mol. The summed E-state index contributed by atoms with van der Waals surface area (Å²) < 4.78 is 16.4. The maximum Gasteiger partial charge on any atom is 0.300 e. The zero-order valence-corrected chi connectivity index (χ0v) is 11.6. The third kappa shape index (κ3) is 2.43. The van der Waals surface area contributed by atoms with Crippen molar-refractivity contribution in [3.05, 3.63) is 29.3 Å². The third-order valence-electron chi connectivity index (χ3n) is 3.19. The highest BCUT2D eigenvalue weighted by Crippen LogP contribution is 2.37. The lowest BCUT2D eigenvalue weighted by Gasteiger charge is -2.23. The van der Waals surface area contributed by atoms with Gasteiger partial charge in [0.2, 0.25) is 0 Å². The van der Waals surface area contributed by atoms with E-state index < -0.39 is 5.91 Å². The normalized spacial score (nSPS) is 16.1. The van der Waals surface area contributed by atoms with Gasteiger partial charge in [0.05, 0.1) is 12.2 Å². The molecule has 0 saturated heterocycles. The molecule has 0 bridgehead atoms. The molecule has 0 fully saturated rings. The van der Waals surface area contributed by atoms with Gasteiger partial charge >= 0.3 is 0 Å². The molecule has 0 amide bonds. The first kappa shape index (κ1) is 13.8. The molecular formula is C14H20N2O3. The fourth-order valence-electron chi connectivity index (χ4n) is 2.11. The number of nitrogens with two attached hydrogens (primary N) is 1. The summed E-state index contributed by atoms with van der Waals surface area (Å²) in [6.45, 7) is 2.82. The second-order valence-electron chi connectivity index (χ2n) is 4.40. The predicted molar refractivity (Wildman–Crippen MR) is 73.3 cm³/mol. The van der Waals surface area contributed by atoms with Crippen LogP contribution in [0.2, 0.25) is 0 Å². The second-order valence-corrected chi connectivity index (χ2v) is 4.40. The summed E-state index contributed by atoms with van der Waals surface area (Å²) in [5.41, 5.74) is 7.50. The molecule has 0 atom stereocenters. The van der Waals surface area contributed by atoms with Crippen LogP contribution in [0.5, 0.6) is 5.75 Å². The molecule has 0 radical (unpaired) electrons. The number of amidine groups is 1. The van der Waals surface area contributed by atoms with Crippen molar-refractivity contribution in [3.8, 4) is 5.75 Å². The molecule has 5 nitrogen and oxygen atoms in total. The Labute approximate surface area is 113 Å². The van der Waals surface area contributed by atoms with Crippen molar-refractivity contribution >= 4 is 5.84 Å². The first-order valence-electron chi connectivity index (χ1n) is 6.40. The molecule has 1 aliphatic heterocycles. The summed E-state index contributed by atoms with van der Waals surface area (Å²) >= 11 is 0. The quantitative estimate of drug-likeness (QED) is 0.630. The average Bonchev–Trinajstić information content (AvgIpc) is 2.72. The Kier molecular flexibility index (Phi) is 4.07. The number of fused-ring (bicyclic) bond motifs is 1. The van der Waals surface area contributed by atoms with Crippen LogP contribution in [0.25, 0.3) is 0 Å². The molecule has 19 heavy (non-hydrogen) atoms. The lowest BCUT2D eigenvalue weighted by Crippen LogP contribution is -2.26. The minimum absolute atomic E-state index is 0.416. The van der Waals surface area contributed by atoms with Gasteiger partial charge in [-0.2, -0.15) is 0 Å². The Morgan fingerprint density at radius 1 is 1.26 bits per heavy atom. The molecular weight excluding hydrogens is 244 g/mol. The van der Waals surface area contributed by atoms with Crippen LogP contribution in [-0.4, -0.2) is 26.7 Å². The van der Waals surface area contributed by atoms with Gasteiger partial charge in [-0.25, -0.2) is 4.99 Å². The maximum absolute atomic E-state index is 5.89.